The van der Waals surface area contributed by atoms with Gasteiger partial charge in [0.15, 0.2) is 6.61 Å². The van der Waals surface area contributed by atoms with E-state index in [1.54, 1.807) is 48.5 Å². The molecular formula is C27H29N5O7S. The fourth-order valence-corrected chi connectivity index (χ4v) is 4.46. The zero-order chi connectivity index (χ0) is 29.1. The first kappa shape index (κ1) is 29.8. The van der Waals surface area contributed by atoms with Crippen molar-refractivity contribution in [1.82, 2.24) is 9.73 Å². The predicted molar refractivity (Wildman–Crippen MR) is 150 cm³/mol. The highest BCUT2D eigenvalue weighted by Gasteiger charge is 2.23. The molecule has 0 aromatic heterocycles. The maximum absolute atomic E-state index is 12.7. The molecule has 3 rings (SSSR count). The summed E-state index contributed by atoms with van der Waals surface area (Å²) in [5, 5.41) is 9.12. The molecule has 210 valence electrons. The first-order valence-corrected chi connectivity index (χ1v) is 13.3. The number of carbonyl (C=O) groups is 3. The molecule has 0 radical (unpaired) electrons. The molecule has 12 nitrogen and oxygen atoms in total. The molecule has 0 atom stereocenters. The number of methoxy groups -OCH3 is 1. The Balaban J connectivity index is 1.46. The number of ether oxygens (including phenoxy) is 2. The first-order chi connectivity index (χ1) is 19.1. The number of rotatable bonds is 12. The van der Waals surface area contributed by atoms with Crippen LogP contribution in [0.5, 0.6) is 11.5 Å². The van der Waals surface area contributed by atoms with Gasteiger partial charge in [-0.3, -0.25) is 14.4 Å². The molecule has 0 aliphatic heterocycles. The van der Waals surface area contributed by atoms with E-state index in [0.29, 0.717) is 28.4 Å². The molecule has 0 saturated heterocycles. The number of sulfonamides is 1. The summed E-state index contributed by atoms with van der Waals surface area (Å²) in [5.41, 5.74) is 3.91. The number of hydrogen-bond acceptors (Lipinski definition) is 8. The number of para-hydroxylation sites is 2. The Morgan fingerprint density at radius 1 is 0.925 bits per heavy atom. The molecule has 40 heavy (non-hydrogen) atoms. The van der Waals surface area contributed by atoms with Gasteiger partial charge in [-0.1, -0.05) is 12.1 Å². The van der Waals surface area contributed by atoms with Crippen LogP contribution in [0.15, 0.2) is 82.8 Å². The van der Waals surface area contributed by atoms with E-state index in [9.17, 15) is 22.8 Å². The monoisotopic (exact) mass is 567 g/mol. The van der Waals surface area contributed by atoms with Crippen LogP contribution in [-0.2, 0) is 24.4 Å². The summed E-state index contributed by atoms with van der Waals surface area (Å²) in [6.07, 6.45) is 1.38. The quantitative estimate of drug-likeness (QED) is 0.224. The van der Waals surface area contributed by atoms with Gasteiger partial charge in [0, 0.05) is 19.7 Å². The third-order valence-electron chi connectivity index (χ3n) is 5.28. The van der Waals surface area contributed by atoms with E-state index in [1.165, 1.54) is 51.6 Å². The molecule has 0 fully saturated rings. The number of nitrogens with zero attached hydrogens (tertiary/aromatic N) is 2. The lowest BCUT2D eigenvalue weighted by atomic mass is 10.2. The molecule has 0 aliphatic carbocycles. The minimum Gasteiger partial charge on any atom is -0.495 e. The van der Waals surface area contributed by atoms with Crippen LogP contribution in [0.1, 0.15) is 12.5 Å². The van der Waals surface area contributed by atoms with E-state index in [2.05, 4.69) is 21.2 Å². The smallest absolute Gasteiger partial charge is 0.262 e. The molecule has 0 aliphatic rings. The van der Waals surface area contributed by atoms with Gasteiger partial charge in [-0.15, -0.1) is 0 Å². The average Bonchev–Trinajstić information content (AvgIpc) is 2.93. The number of amides is 3. The van der Waals surface area contributed by atoms with Crippen LogP contribution in [0.2, 0.25) is 0 Å². The van der Waals surface area contributed by atoms with Gasteiger partial charge in [-0.2, -0.15) is 9.41 Å². The van der Waals surface area contributed by atoms with E-state index in [0.717, 1.165) is 4.31 Å². The fraction of sp³-hybridized carbons (Fsp3) is 0.185. The zero-order valence-electron chi connectivity index (χ0n) is 22.1. The number of nitrogens with one attached hydrogen (secondary N) is 3. The topological polar surface area (TPSA) is 156 Å². The lowest BCUT2D eigenvalue weighted by Crippen LogP contribution is -2.36. The number of hydrogen-bond donors (Lipinski definition) is 3. The molecule has 13 heteroatoms. The van der Waals surface area contributed by atoms with Gasteiger partial charge >= 0.3 is 0 Å². The Bertz CT molecular complexity index is 1470. The van der Waals surface area contributed by atoms with Gasteiger partial charge in [-0.25, -0.2) is 13.8 Å². The van der Waals surface area contributed by atoms with Gasteiger partial charge in [0.05, 0.1) is 30.5 Å². The first-order valence-electron chi connectivity index (χ1n) is 11.9. The van der Waals surface area contributed by atoms with Gasteiger partial charge < -0.3 is 20.1 Å². The fourth-order valence-electron chi connectivity index (χ4n) is 3.33. The van der Waals surface area contributed by atoms with Crippen LogP contribution in [0, 0.1) is 0 Å². The Labute approximate surface area is 232 Å². The van der Waals surface area contributed by atoms with Gasteiger partial charge in [-0.05, 0) is 66.2 Å². The van der Waals surface area contributed by atoms with E-state index < -0.39 is 22.5 Å². The lowest BCUT2D eigenvalue weighted by Gasteiger charge is -2.16. The largest absolute Gasteiger partial charge is 0.495 e. The van der Waals surface area contributed by atoms with E-state index in [4.69, 9.17) is 9.47 Å². The SMILES string of the molecule is COc1ccccc1NC(=O)COc1ccc(/C=N/NC(=O)CN(C)S(=O)(=O)c2ccc(NC(C)=O)cc2)cc1. The van der Waals surface area contributed by atoms with Crippen molar-refractivity contribution < 1.29 is 32.3 Å². The van der Waals surface area contributed by atoms with Crippen LogP contribution in [0.4, 0.5) is 11.4 Å². The normalized spacial score (nSPS) is 11.2. The average molecular weight is 568 g/mol. The standard InChI is InChI=1S/C27H29N5O7S/c1-19(33)29-21-10-14-23(15-11-21)40(36,37)32(2)17-26(34)31-28-16-20-8-12-22(13-9-20)39-18-27(35)30-24-6-4-5-7-25(24)38-3/h4-16H,17-18H2,1-3H3,(H,29,33)(H,30,35)(H,31,34)/b28-16+. The number of benzene rings is 3. The van der Waals surface area contributed by atoms with Crippen molar-refractivity contribution in [3.63, 3.8) is 0 Å². The minimum atomic E-state index is -3.94. The molecule has 0 heterocycles. The summed E-state index contributed by atoms with van der Waals surface area (Å²) in [6.45, 7) is 0.672. The second-order valence-electron chi connectivity index (χ2n) is 8.37. The van der Waals surface area contributed by atoms with Gasteiger partial charge in [0.1, 0.15) is 11.5 Å². The molecule has 3 N–H and O–H groups in total. The van der Waals surface area contributed by atoms with E-state index in [-0.39, 0.29) is 23.3 Å². The molecule has 0 saturated carbocycles. The lowest BCUT2D eigenvalue weighted by molar-refractivity contribution is -0.121. The van der Waals surface area contributed by atoms with Crippen molar-refractivity contribution in [2.75, 3.05) is 37.9 Å². The molecule has 3 aromatic carbocycles. The molecule has 0 unspecified atom stereocenters. The number of carbonyl (C=O) groups excluding carboxylic acids is 3. The summed E-state index contributed by atoms with van der Waals surface area (Å²) >= 11 is 0. The van der Waals surface area contributed by atoms with Gasteiger partial charge in [0.25, 0.3) is 11.8 Å². The van der Waals surface area contributed by atoms with Crippen LogP contribution in [0.3, 0.4) is 0 Å². The third-order valence-corrected chi connectivity index (χ3v) is 7.10. The third kappa shape index (κ3) is 8.64. The van der Waals surface area contributed by atoms with Crippen molar-refractivity contribution in [1.29, 1.82) is 0 Å². The minimum absolute atomic E-state index is 0.0278. The Morgan fingerprint density at radius 3 is 2.25 bits per heavy atom. The summed E-state index contributed by atoms with van der Waals surface area (Å²) in [4.78, 5) is 35.5. The maximum Gasteiger partial charge on any atom is 0.262 e. The van der Waals surface area contributed by atoms with Gasteiger partial charge in [0.2, 0.25) is 15.9 Å². The van der Waals surface area contributed by atoms with Crippen molar-refractivity contribution in [2.24, 2.45) is 5.10 Å². The van der Waals surface area contributed by atoms with Crippen molar-refractivity contribution in [3.8, 4) is 11.5 Å². The predicted octanol–water partition coefficient (Wildman–Crippen LogP) is 2.44. The summed E-state index contributed by atoms with van der Waals surface area (Å²) in [6, 6.07) is 19.2. The molecule has 0 spiro atoms. The number of likely N-dealkylation sites (N-methyl/N-ethyl adjacent to an activating group) is 1. The molecular weight excluding hydrogens is 538 g/mol. The molecule has 3 amide bonds. The second-order valence-corrected chi connectivity index (χ2v) is 10.4. The second kappa shape index (κ2) is 13.9. The van der Waals surface area contributed by atoms with Crippen molar-refractivity contribution in [3.05, 3.63) is 78.4 Å². The van der Waals surface area contributed by atoms with E-state index in [1.807, 2.05) is 0 Å². The van der Waals surface area contributed by atoms with E-state index >= 15 is 0 Å². The Hall–Kier alpha value is -4.75. The van der Waals surface area contributed by atoms with Crippen molar-refractivity contribution >= 4 is 45.3 Å². The highest BCUT2D eigenvalue weighted by Crippen LogP contribution is 2.23. The summed E-state index contributed by atoms with van der Waals surface area (Å²) in [5.74, 6) is -0.285. The Morgan fingerprint density at radius 2 is 1.60 bits per heavy atom. The highest BCUT2D eigenvalue weighted by atomic mass is 32.2. The van der Waals surface area contributed by atoms with Crippen molar-refractivity contribution in [2.45, 2.75) is 11.8 Å². The van der Waals surface area contributed by atoms with Crippen LogP contribution in [0.25, 0.3) is 0 Å². The van der Waals surface area contributed by atoms with Crippen LogP contribution >= 0.6 is 0 Å². The summed E-state index contributed by atoms with van der Waals surface area (Å²) in [7, 11) is -1.15. The highest BCUT2D eigenvalue weighted by molar-refractivity contribution is 7.89. The number of hydrazone groups is 1. The molecule has 0 bridgehead atoms. The van der Waals surface area contributed by atoms with Crippen LogP contribution in [-0.4, -0.2) is 64.0 Å². The number of anilines is 2. The summed E-state index contributed by atoms with van der Waals surface area (Å²) < 4.78 is 37.0. The van der Waals surface area contributed by atoms with Crippen LogP contribution < -0.4 is 25.5 Å². The Kier molecular flexibility index (Phi) is 10.3. The molecule has 3 aromatic rings. The maximum atomic E-state index is 12.7. The zero-order valence-corrected chi connectivity index (χ0v) is 22.9.